The molecule has 2 aromatic rings. The SMILES string of the molecule is Nc1nnc2ccc(OCC3CC3)nn12. The number of rotatable bonds is 3. The summed E-state index contributed by atoms with van der Waals surface area (Å²) in [5.74, 6) is 1.56. The summed E-state index contributed by atoms with van der Waals surface area (Å²) in [5, 5.41) is 11.7. The van der Waals surface area contributed by atoms with Crippen molar-refractivity contribution >= 4 is 11.6 Å². The van der Waals surface area contributed by atoms with Crippen molar-refractivity contribution in [2.24, 2.45) is 5.92 Å². The molecule has 78 valence electrons. The van der Waals surface area contributed by atoms with Crippen molar-refractivity contribution < 1.29 is 4.74 Å². The van der Waals surface area contributed by atoms with Crippen molar-refractivity contribution in [2.45, 2.75) is 12.8 Å². The first-order chi connectivity index (χ1) is 7.33. The van der Waals surface area contributed by atoms with E-state index in [-0.39, 0.29) is 5.95 Å². The van der Waals surface area contributed by atoms with Crippen LogP contribution in [0.1, 0.15) is 12.8 Å². The molecule has 0 atom stereocenters. The largest absolute Gasteiger partial charge is 0.476 e. The van der Waals surface area contributed by atoms with Crippen LogP contribution < -0.4 is 10.5 Å². The molecule has 1 aliphatic carbocycles. The number of aromatic nitrogens is 4. The molecule has 2 heterocycles. The summed E-state index contributed by atoms with van der Waals surface area (Å²) in [6.07, 6.45) is 2.52. The third-order valence-electron chi connectivity index (χ3n) is 2.43. The summed E-state index contributed by atoms with van der Waals surface area (Å²) < 4.78 is 6.99. The van der Waals surface area contributed by atoms with E-state index < -0.39 is 0 Å². The van der Waals surface area contributed by atoms with Crippen LogP contribution in [-0.4, -0.2) is 26.4 Å². The smallest absolute Gasteiger partial charge is 0.243 e. The van der Waals surface area contributed by atoms with Crippen molar-refractivity contribution in [1.82, 2.24) is 19.8 Å². The molecule has 15 heavy (non-hydrogen) atoms. The predicted octanol–water partition coefficient (Wildman–Crippen LogP) is 0.495. The highest BCUT2D eigenvalue weighted by Crippen LogP contribution is 2.29. The Morgan fingerprint density at radius 2 is 2.27 bits per heavy atom. The lowest BCUT2D eigenvalue weighted by Gasteiger charge is -2.03. The first-order valence-electron chi connectivity index (χ1n) is 4.93. The topological polar surface area (TPSA) is 78.3 Å². The first-order valence-corrected chi connectivity index (χ1v) is 4.93. The fourth-order valence-corrected chi connectivity index (χ4v) is 1.35. The van der Waals surface area contributed by atoms with Gasteiger partial charge in [-0.2, -0.15) is 4.52 Å². The normalized spacial score (nSPS) is 15.7. The van der Waals surface area contributed by atoms with E-state index in [1.807, 2.05) is 0 Å². The molecule has 1 saturated carbocycles. The molecule has 6 heteroatoms. The molecular formula is C9H11N5O. The van der Waals surface area contributed by atoms with E-state index in [4.69, 9.17) is 10.5 Å². The Balaban J connectivity index is 1.86. The van der Waals surface area contributed by atoms with Gasteiger partial charge in [-0.1, -0.05) is 0 Å². The number of nitrogen functional groups attached to an aromatic ring is 1. The molecule has 2 aromatic heterocycles. The lowest BCUT2D eigenvalue weighted by atomic mass is 10.5. The van der Waals surface area contributed by atoms with Crippen LogP contribution in [0.5, 0.6) is 5.88 Å². The van der Waals surface area contributed by atoms with Gasteiger partial charge in [-0.05, 0) is 24.8 Å². The Kier molecular flexibility index (Phi) is 1.74. The van der Waals surface area contributed by atoms with Crippen molar-refractivity contribution in [3.63, 3.8) is 0 Å². The molecule has 0 spiro atoms. The average molecular weight is 205 g/mol. The summed E-state index contributed by atoms with van der Waals surface area (Å²) in [5.41, 5.74) is 6.22. The summed E-state index contributed by atoms with van der Waals surface area (Å²) in [7, 11) is 0. The average Bonchev–Trinajstić information content (AvgIpc) is 3.02. The van der Waals surface area contributed by atoms with Crippen LogP contribution in [0, 0.1) is 5.92 Å². The lowest BCUT2D eigenvalue weighted by molar-refractivity contribution is 0.284. The van der Waals surface area contributed by atoms with Crippen LogP contribution in [0.3, 0.4) is 0 Å². The predicted molar refractivity (Wildman–Crippen MR) is 53.4 cm³/mol. The van der Waals surface area contributed by atoms with E-state index in [1.165, 1.54) is 17.4 Å². The van der Waals surface area contributed by atoms with E-state index in [0.29, 0.717) is 17.4 Å². The molecule has 0 bridgehead atoms. The number of ether oxygens (including phenoxy) is 1. The standard InChI is InChI=1S/C9H11N5O/c10-9-12-11-7-3-4-8(13-14(7)9)15-5-6-1-2-6/h3-4,6H,1-2,5H2,(H2,10,12). The Morgan fingerprint density at radius 3 is 3.07 bits per heavy atom. The number of nitrogens with zero attached hydrogens (tertiary/aromatic N) is 4. The molecule has 1 aliphatic rings. The molecule has 0 aliphatic heterocycles. The van der Waals surface area contributed by atoms with E-state index in [1.54, 1.807) is 12.1 Å². The van der Waals surface area contributed by atoms with Crippen molar-refractivity contribution in [3.05, 3.63) is 12.1 Å². The summed E-state index contributed by atoms with van der Waals surface area (Å²) in [6.45, 7) is 0.737. The molecule has 3 rings (SSSR count). The van der Waals surface area contributed by atoms with Crippen LogP contribution in [0.4, 0.5) is 5.95 Å². The fourth-order valence-electron chi connectivity index (χ4n) is 1.35. The molecular weight excluding hydrogens is 194 g/mol. The van der Waals surface area contributed by atoms with Gasteiger partial charge in [0.05, 0.1) is 6.61 Å². The van der Waals surface area contributed by atoms with Gasteiger partial charge in [-0.15, -0.1) is 15.3 Å². The van der Waals surface area contributed by atoms with Crippen LogP contribution in [0.15, 0.2) is 12.1 Å². The number of fused-ring (bicyclic) bond motifs is 1. The number of hydrogen-bond acceptors (Lipinski definition) is 5. The van der Waals surface area contributed by atoms with Gasteiger partial charge in [-0.3, -0.25) is 0 Å². The molecule has 0 aromatic carbocycles. The fraction of sp³-hybridized carbons (Fsp3) is 0.444. The van der Waals surface area contributed by atoms with Crippen LogP contribution >= 0.6 is 0 Å². The Bertz CT molecular complexity index is 490. The highest BCUT2D eigenvalue weighted by Gasteiger charge is 2.22. The molecule has 0 unspecified atom stereocenters. The second-order valence-electron chi connectivity index (χ2n) is 3.75. The van der Waals surface area contributed by atoms with Gasteiger partial charge < -0.3 is 10.5 Å². The van der Waals surface area contributed by atoms with Gasteiger partial charge in [0.2, 0.25) is 11.8 Å². The minimum Gasteiger partial charge on any atom is -0.476 e. The Hall–Kier alpha value is -1.85. The highest BCUT2D eigenvalue weighted by molar-refractivity contribution is 5.42. The molecule has 0 amide bonds. The van der Waals surface area contributed by atoms with Crippen molar-refractivity contribution in [2.75, 3.05) is 12.3 Å². The van der Waals surface area contributed by atoms with Crippen molar-refractivity contribution in [3.8, 4) is 5.88 Å². The number of anilines is 1. The molecule has 1 fully saturated rings. The van der Waals surface area contributed by atoms with Crippen LogP contribution in [-0.2, 0) is 0 Å². The maximum atomic E-state index is 5.58. The van der Waals surface area contributed by atoms with Gasteiger partial charge in [0, 0.05) is 6.07 Å². The van der Waals surface area contributed by atoms with E-state index in [9.17, 15) is 0 Å². The number of hydrogen-bond donors (Lipinski definition) is 1. The Morgan fingerprint density at radius 1 is 1.40 bits per heavy atom. The first kappa shape index (κ1) is 8.46. The maximum Gasteiger partial charge on any atom is 0.243 e. The summed E-state index contributed by atoms with van der Waals surface area (Å²) >= 11 is 0. The Labute approximate surface area is 86.1 Å². The zero-order valence-electron chi connectivity index (χ0n) is 8.13. The molecule has 0 radical (unpaired) electrons. The highest BCUT2D eigenvalue weighted by atomic mass is 16.5. The molecule has 2 N–H and O–H groups in total. The van der Waals surface area contributed by atoms with E-state index in [2.05, 4.69) is 15.3 Å². The van der Waals surface area contributed by atoms with Gasteiger partial charge in [0.15, 0.2) is 5.65 Å². The van der Waals surface area contributed by atoms with Gasteiger partial charge in [0.1, 0.15) is 0 Å². The van der Waals surface area contributed by atoms with Gasteiger partial charge in [-0.25, -0.2) is 0 Å². The number of nitrogens with two attached hydrogens (primary N) is 1. The maximum absolute atomic E-state index is 5.58. The quantitative estimate of drug-likeness (QED) is 0.789. The van der Waals surface area contributed by atoms with Crippen LogP contribution in [0.2, 0.25) is 0 Å². The van der Waals surface area contributed by atoms with Gasteiger partial charge >= 0.3 is 0 Å². The third kappa shape index (κ3) is 1.58. The minimum atomic E-state index is 0.280. The van der Waals surface area contributed by atoms with E-state index >= 15 is 0 Å². The summed E-state index contributed by atoms with van der Waals surface area (Å²) in [6, 6.07) is 3.57. The van der Waals surface area contributed by atoms with Crippen molar-refractivity contribution in [1.29, 1.82) is 0 Å². The second kappa shape index (κ2) is 3.08. The van der Waals surface area contributed by atoms with Crippen LogP contribution in [0.25, 0.3) is 5.65 Å². The molecule has 0 saturated heterocycles. The zero-order chi connectivity index (χ0) is 10.3. The van der Waals surface area contributed by atoms with E-state index in [0.717, 1.165) is 6.61 Å². The molecule has 6 nitrogen and oxygen atoms in total. The summed E-state index contributed by atoms with van der Waals surface area (Å²) in [4.78, 5) is 0. The zero-order valence-corrected chi connectivity index (χ0v) is 8.13. The monoisotopic (exact) mass is 205 g/mol. The third-order valence-corrected chi connectivity index (χ3v) is 2.43. The second-order valence-corrected chi connectivity index (χ2v) is 3.75. The minimum absolute atomic E-state index is 0.280. The van der Waals surface area contributed by atoms with Gasteiger partial charge in [0.25, 0.3) is 0 Å². The lowest BCUT2D eigenvalue weighted by Crippen LogP contribution is -2.04.